The Bertz CT molecular complexity index is 1010. The van der Waals surface area contributed by atoms with Crippen LogP contribution in [-0.4, -0.2) is 46.4 Å². The zero-order valence-corrected chi connectivity index (χ0v) is 17.4. The molecule has 6 nitrogen and oxygen atoms in total. The largest absolute Gasteiger partial charge is 0.497 e. The fraction of sp³-hybridized carbons (Fsp3) is 0.348. The second-order valence-corrected chi connectivity index (χ2v) is 7.06. The first-order chi connectivity index (χ1) is 14.0. The lowest BCUT2D eigenvalue weighted by molar-refractivity contribution is 0.294. The number of rotatable bonds is 9. The van der Waals surface area contributed by atoms with Gasteiger partial charge in [-0.15, -0.1) is 0 Å². The maximum absolute atomic E-state index is 12.9. The van der Waals surface area contributed by atoms with Crippen molar-refractivity contribution in [2.75, 3.05) is 41.5 Å². The van der Waals surface area contributed by atoms with Crippen LogP contribution in [0, 0.1) is 0 Å². The maximum atomic E-state index is 12.9. The molecule has 0 spiro atoms. The van der Waals surface area contributed by atoms with E-state index in [0.717, 1.165) is 30.7 Å². The zero-order valence-electron chi connectivity index (χ0n) is 17.4. The number of methoxy groups -OCH3 is 2. The van der Waals surface area contributed by atoms with Gasteiger partial charge in [-0.2, -0.15) is 0 Å². The van der Waals surface area contributed by atoms with Crippen LogP contribution in [0.5, 0.6) is 17.2 Å². The summed E-state index contributed by atoms with van der Waals surface area (Å²) in [5.41, 5.74) is 1.08. The molecule has 3 rings (SSSR count). The van der Waals surface area contributed by atoms with Crippen molar-refractivity contribution in [2.45, 2.75) is 12.8 Å². The van der Waals surface area contributed by atoms with Crippen molar-refractivity contribution in [2.24, 2.45) is 0 Å². The van der Waals surface area contributed by atoms with Crippen LogP contribution >= 0.6 is 0 Å². The van der Waals surface area contributed by atoms with Gasteiger partial charge in [0.1, 0.15) is 34.0 Å². The molecule has 0 unspecified atom stereocenters. The van der Waals surface area contributed by atoms with Crippen LogP contribution in [0.2, 0.25) is 0 Å². The molecule has 1 aromatic heterocycles. The van der Waals surface area contributed by atoms with Crippen molar-refractivity contribution >= 4 is 11.0 Å². The summed E-state index contributed by atoms with van der Waals surface area (Å²) in [5, 5.41) is 0.427. The molecule has 0 saturated heterocycles. The number of fused-ring (bicyclic) bond motifs is 1. The van der Waals surface area contributed by atoms with E-state index in [2.05, 4.69) is 4.90 Å². The molecule has 0 fully saturated rings. The highest BCUT2D eigenvalue weighted by atomic mass is 16.5. The zero-order chi connectivity index (χ0) is 20.8. The summed E-state index contributed by atoms with van der Waals surface area (Å²) in [4.78, 5) is 15.0. The molecule has 0 aliphatic rings. The summed E-state index contributed by atoms with van der Waals surface area (Å²) in [5.74, 6) is 2.29. The minimum atomic E-state index is -0.150. The predicted molar refractivity (Wildman–Crippen MR) is 114 cm³/mol. The van der Waals surface area contributed by atoms with Crippen molar-refractivity contribution in [3.8, 4) is 28.6 Å². The molecular weight excluding hydrogens is 370 g/mol. The van der Waals surface area contributed by atoms with Gasteiger partial charge in [0.05, 0.1) is 20.8 Å². The van der Waals surface area contributed by atoms with Gasteiger partial charge in [0.2, 0.25) is 0 Å². The van der Waals surface area contributed by atoms with E-state index >= 15 is 0 Å². The highest BCUT2D eigenvalue weighted by Crippen LogP contribution is 2.32. The number of benzene rings is 2. The summed E-state index contributed by atoms with van der Waals surface area (Å²) in [7, 11) is 7.27. The first-order valence-corrected chi connectivity index (χ1v) is 9.59. The van der Waals surface area contributed by atoms with Gasteiger partial charge < -0.3 is 23.5 Å². The molecule has 2 aromatic carbocycles. The SMILES string of the molecule is COc1ccc(-c2cc(=O)c3c(OCCCCN(C)C)cc(OC)cc3o2)cc1. The molecule has 0 saturated carbocycles. The lowest BCUT2D eigenvalue weighted by atomic mass is 10.1. The van der Waals surface area contributed by atoms with E-state index in [-0.39, 0.29) is 5.43 Å². The van der Waals surface area contributed by atoms with Gasteiger partial charge in [-0.1, -0.05) is 0 Å². The van der Waals surface area contributed by atoms with E-state index in [0.29, 0.717) is 34.8 Å². The van der Waals surface area contributed by atoms with E-state index in [1.54, 1.807) is 26.4 Å². The average Bonchev–Trinajstić information content (AvgIpc) is 2.72. The lowest BCUT2D eigenvalue weighted by Gasteiger charge is -2.13. The number of ether oxygens (including phenoxy) is 3. The van der Waals surface area contributed by atoms with Gasteiger partial charge in [-0.3, -0.25) is 4.79 Å². The fourth-order valence-corrected chi connectivity index (χ4v) is 3.07. The fourth-order valence-electron chi connectivity index (χ4n) is 3.07. The van der Waals surface area contributed by atoms with Gasteiger partial charge in [-0.25, -0.2) is 0 Å². The molecule has 6 heteroatoms. The van der Waals surface area contributed by atoms with Crippen LogP contribution in [0.4, 0.5) is 0 Å². The normalized spacial score (nSPS) is 11.1. The maximum Gasteiger partial charge on any atom is 0.197 e. The molecule has 0 aliphatic carbocycles. The Morgan fingerprint density at radius 2 is 1.66 bits per heavy atom. The number of hydrogen-bond donors (Lipinski definition) is 0. The Kier molecular flexibility index (Phi) is 6.77. The van der Waals surface area contributed by atoms with Crippen LogP contribution < -0.4 is 19.6 Å². The van der Waals surface area contributed by atoms with Gasteiger partial charge in [0.25, 0.3) is 0 Å². The molecule has 0 radical (unpaired) electrons. The van der Waals surface area contributed by atoms with Gasteiger partial charge in [0.15, 0.2) is 5.43 Å². The van der Waals surface area contributed by atoms with Crippen LogP contribution in [0.1, 0.15) is 12.8 Å². The number of nitrogens with zero attached hydrogens (tertiary/aromatic N) is 1. The van der Waals surface area contributed by atoms with Gasteiger partial charge in [0, 0.05) is 23.8 Å². The molecule has 1 heterocycles. The number of unbranched alkanes of at least 4 members (excludes halogenated alkanes) is 1. The summed E-state index contributed by atoms with van der Waals surface area (Å²) in [6, 6.07) is 12.3. The highest BCUT2D eigenvalue weighted by molar-refractivity contribution is 5.86. The van der Waals surface area contributed by atoms with E-state index in [1.807, 2.05) is 38.4 Å². The van der Waals surface area contributed by atoms with Crippen LogP contribution in [0.3, 0.4) is 0 Å². The summed E-state index contributed by atoms with van der Waals surface area (Å²) >= 11 is 0. The van der Waals surface area contributed by atoms with E-state index in [1.165, 1.54) is 6.07 Å². The van der Waals surface area contributed by atoms with Crippen LogP contribution in [0.15, 0.2) is 51.7 Å². The van der Waals surface area contributed by atoms with Crippen molar-refractivity contribution in [3.63, 3.8) is 0 Å². The molecule has 0 aliphatic heterocycles. The lowest BCUT2D eigenvalue weighted by Crippen LogP contribution is -2.14. The average molecular weight is 397 g/mol. The van der Waals surface area contributed by atoms with Gasteiger partial charge in [-0.05, 0) is 57.7 Å². The Hall–Kier alpha value is -2.99. The Morgan fingerprint density at radius 1 is 0.931 bits per heavy atom. The Labute approximate surface area is 170 Å². The second kappa shape index (κ2) is 9.47. The predicted octanol–water partition coefficient (Wildman–Crippen LogP) is 4.20. The third kappa shape index (κ3) is 5.09. The minimum Gasteiger partial charge on any atom is -0.497 e. The molecular formula is C23H27NO5. The quantitative estimate of drug-likeness (QED) is 0.505. The van der Waals surface area contributed by atoms with E-state index in [4.69, 9.17) is 18.6 Å². The topological polar surface area (TPSA) is 61.1 Å². The van der Waals surface area contributed by atoms with Crippen molar-refractivity contribution in [3.05, 3.63) is 52.7 Å². The monoisotopic (exact) mass is 397 g/mol. The minimum absolute atomic E-state index is 0.150. The molecule has 0 bridgehead atoms. The Morgan fingerprint density at radius 3 is 2.31 bits per heavy atom. The summed E-state index contributed by atoms with van der Waals surface area (Å²) in [6.45, 7) is 1.52. The molecule has 0 N–H and O–H groups in total. The van der Waals surface area contributed by atoms with Crippen molar-refractivity contribution in [1.29, 1.82) is 0 Å². The smallest absolute Gasteiger partial charge is 0.197 e. The first kappa shape index (κ1) is 20.7. The van der Waals surface area contributed by atoms with E-state index in [9.17, 15) is 4.79 Å². The summed E-state index contributed by atoms with van der Waals surface area (Å²) < 4.78 is 22.5. The molecule has 0 atom stereocenters. The van der Waals surface area contributed by atoms with Crippen LogP contribution in [0.25, 0.3) is 22.3 Å². The molecule has 3 aromatic rings. The summed E-state index contributed by atoms with van der Waals surface area (Å²) in [6.07, 6.45) is 1.91. The van der Waals surface area contributed by atoms with Gasteiger partial charge >= 0.3 is 0 Å². The second-order valence-electron chi connectivity index (χ2n) is 7.06. The highest BCUT2D eigenvalue weighted by Gasteiger charge is 2.14. The first-order valence-electron chi connectivity index (χ1n) is 9.59. The number of hydrogen-bond acceptors (Lipinski definition) is 6. The van der Waals surface area contributed by atoms with E-state index < -0.39 is 0 Å². The molecule has 29 heavy (non-hydrogen) atoms. The molecule has 0 amide bonds. The van der Waals surface area contributed by atoms with Crippen molar-refractivity contribution < 1.29 is 18.6 Å². The van der Waals surface area contributed by atoms with Crippen molar-refractivity contribution in [1.82, 2.24) is 4.90 Å². The standard InChI is InChI=1S/C23H27NO5/c1-24(2)11-5-6-12-28-21-13-18(27-4)14-22-23(21)19(25)15-20(29-22)16-7-9-17(26-3)10-8-16/h7-10,13-15H,5-6,11-12H2,1-4H3. The third-order valence-corrected chi connectivity index (χ3v) is 4.64. The molecule has 154 valence electrons. The Balaban J connectivity index is 1.92. The third-order valence-electron chi connectivity index (χ3n) is 4.64. The van der Waals surface area contributed by atoms with Crippen LogP contribution in [-0.2, 0) is 0 Å².